The Labute approximate surface area is 189 Å². The smallest absolute Gasteiger partial charge is 0.0594 e. The number of aliphatic hydroxyl groups is 1. The van der Waals surface area contributed by atoms with E-state index < -0.39 is 0 Å². The molecule has 4 aliphatic carbocycles. The second-order valence-corrected chi connectivity index (χ2v) is 13.2. The quantitative estimate of drug-likeness (QED) is 0.456. The number of allylic oxidation sites excluding steroid dienone is 4. The number of hydrogen-bond acceptors (Lipinski definition) is 2. The first-order valence-corrected chi connectivity index (χ1v) is 13.5. The maximum atomic E-state index is 10.7. The third kappa shape index (κ3) is 3.40. The number of fused-ring (bicyclic) bond motifs is 4. The van der Waals surface area contributed by atoms with Crippen LogP contribution in [-0.4, -0.2) is 22.7 Å². The van der Waals surface area contributed by atoms with Crippen molar-refractivity contribution < 1.29 is 5.11 Å². The van der Waals surface area contributed by atoms with Crippen LogP contribution in [0.15, 0.2) is 34.9 Å². The van der Waals surface area contributed by atoms with Gasteiger partial charge in [0.2, 0.25) is 0 Å². The summed E-state index contributed by atoms with van der Waals surface area (Å²) in [5.41, 5.74) is 7.25. The number of aliphatic hydroxyl groups excluding tert-OH is 1. The zero-order valence-corrected chi connectivity index (χ0v) is 21.1. The van der Waals surface area contributed by atoms with Gasteiger partial charge in [0.1, 0.15) is 0 Å². The normalized spacial score (nSPS) is 40.9. The molecular formula is C28H44OS. The van der Waals surface area contributed by atoms with E-state index in [0.29, 0.717) is 16.7 Å². The third-order valence-corrected chi connectivity index (χ3v) is 11.3. The van der Waals surface area contributed by atoms with Gasteiger partial charge in [-0.15, -0.1) is 0 Å². The van der Waals surface area contributed by atoms with Crippen LogP contribution >= 0.6 is 11.8 Å². The van der Waals surface area contributed by atoms with Gasteiger partial charge < -0.3 is 5.11 Å². The van der Waals surface area contributed by atoms with Gasteiger partial charge in [-0.3, -0.25) is 0 Å². The van der Waals surface area contributed by atoms with Crippen molar-refractivity contribution in [2.24, 2.45) is 34.0 Å². The predicted molar refractivity (Wildman–Crippen MR) is 132 cm³/mol. The minimum absolute atomic E-state index is 0.0356. The minimum Gasteiger partial charge on any atom is -0.393 e. The van der Waals surface area contributed by atoms with E-state index >= 15 is 0 Å². The molecule has 0 spiro atoms. The molecule has 0 bridgehead atoms. The highest BCUT2D eigenvalue weighted by Crippen LogP contribution is 2.66. The molecule has 0 saturated heterocycles. The summed E-state index contributed by atoms with van der Waals surface area (Å²) >= 11 is 2.07. The third-order valence-electron chi connectivity index (χ3n) is 9.84. The monoisotopic (exact) mass is 428 g/mol. The zero-order chi connectivity index (χ0) is 21.9. The zero-order valence-electron chi connectivity index (χ0n) is 20.3. The summed E-state index contributed by atoms with van der Waals surface area (Å²) < 4.78 is 0. The van der Waals surface area contributed by atoms with E-state index in [1.165, 1.54) is 49.9 Å². The molecule has 0 aromatic carbocycles. The molecule has 0 radical (unpaired) electrons. The first kappa shape index (κ1) is 22.7. The fourth-order valence-corrected chi connectivity index (χ4v) is 9.18. The van der Waals surface area contributed by atoms with Crippen molar-refractivity contribution in [3.05, 3.63) is 34.9 Å². The first-order chi connectivity index (χ1) is 14.0. The Morgan fingerprint density at radius 1 is 1.17 bits per heavy atom. The number of thioether (sulfide) groups is 1. The van der Waals surface area contributed by atoms with E-state index in [0.717, 1.165) is 24.0 Å². The van der Waals surface area contributed by atoms with Crippen LogP contribution in [0.1, 0.15) is 86.5 Å². The molecule has 1 nitrogen and oxygen atoms in total. The molecule has 0 unspecified atom stereocenters. The number of rotatable bonds is 5. The summed E-state index contributed by atoms with van der Waals surface area (Å²) in [6.45, 7) is 18.5. The lowest BCUT2D eigenvalue weighted by Gasteiger charge is -2.59. The van der Waals surface area contributed by atoms with Crippen molar-refractivity contribution >= 4 is 11.8 Å². The van der Waals surface area contributed by atoms with E-state index in [4.69, 9.17) is 0 Å². The van der Waals surface area contributed by atoms with E-state index in [1.54, 1.807) is 16.7 Å². The largest absolute Gasteiger partial charge is 0.393 e. The van der Waals surface area contributed by atoms with E-state index in [1.807, 2.05) is 0 Å². The molecule has 0 aromatic rings. The standard InChI is InChI=1S/C28H44OS/c1-18(2)16-30-17-19(3)21-9-10-22-20-8-11-24-26(4,5)25(29)13-15-28(24,7)23(20)12-14-27(21,22)6/h10,19,21,24-25,29H,1,8-9,11-17H2,2-7H3/t19-,21-,24-,25+,27-,28-/m1/s1. The maximum absolute atomic E-state index is 10.7. The fraction of sp³-hybridized carbons (Fsp3) is 0.786. The second kappa shape index (κ2) is 7.84. The number of hydrogen-bond donors (Lipinski definition) is 1. The molecule has 168 valence electrons. The van der Waals surface area contributed by atoms with Crippen LogP contribution in [0.2, 0.25) is 0 Å². The molecule has 1 fully saturated rings. The molecular weight excluding hydrogens is 384 g/mol. The van der Waals surface area contributed by atoms with Crippen molar-refractivity contribution in [1.82, 2.24) is 0 Å². The topological polar surface area (TPSA) is 20.2 Å². The van der Waals surface area contributed by atoms with Crippen molar-refractivity contribution in [1.29, 1.82) is 0 Å². The van der Waals surface area contributed by atoms with Crippen LogP contribution in [0.25, 0.3) is 0 Å². The molecule has 2 heteroatoms. The summed E-state index contributed by atoms with van der Waals surface area (Å²) in [6.07, 6.45) is 11.0. The van der Waals surface area contributed by atoms with Gasteiger partial charge in [0.25, 0.3) is 0 Å². The van der Waals surface area contributed by atoms with Gasteiger partial charge >= 0.3 is 0 Å². The molecule has 0 heterocycles. The van der Waals surface area contributed by atoms with Crippen LogP contribution in [0, 0.1) is 34.0 Å². The van der Waals surface area contributed by atoms with Crippen LogP contribution in [-0.2, 0) is 0 Å². The van der Waals surface area contributed by atoms with Gasteiger partial charge in [-0.1, -0.05) is 58.4 Å². The van der Waals surface area contributed by atoms with Crippen LogP contribution in [0.4, 0.5) is 0 Å². The fourth-order valence-electron chi connectivity index (χ4n) is 8.11. The highest BCUT2D eigenvalue weighted by molar-refractivity contribution is 7.99. The van der Waals surface area contributed by atoms with Crippen molar-refractivity contribution in [3.63, 3.8) is 0 Å². The Morgan fingerprint density at radius 2 is 1.90 bits per heavy atom. The van der Waals surface area contributed by atoms with Gasteiger partial charge in [0.05, 0.1) is 6.10 Å². The molecule has 30 heavy (non-hydrogen) atoms. The molecule has 0 aromatic heterocycles. The van der Waals surface area contributed by atoms with Crippen molar-refractivity contribution in [2.45, 2.75) is 92.6 Å². The van der Waals surface area contributed by atoms with Gasteiger partial charge in [-0.2, -0.15) is 11.8 Å². The van der Waals surface area contributed by atoms with Gasteiger partial charge in [0.15, 0.2) is 0 Å². The van der Waals surface area contributed by atoms with Crippen molar-refractivity contribution in [3.8, 4) is 0 Å². The Kier molecular flexibility index (Phi) is 5.93. The van der Waals surface area contributed by atoms with Gasteiger partial charge in [0, 0.05) is 5.75 Å². The molecule has 1 saturated carbocycles. The average molecular weight is 429 g/mol. The lowest BCUT2D eigenvalue weighted by Crippen LogP contribution is -2.53. The lowest BCUT2D eigenvalue weighted by molar-refractivity contribution is -0.0905. The molecule has 6 atom stereocenters. The first-order valence-electron chi connectivity index (χ1n) is 12.4. The Balaban J connectivity index is 1.59. The van der Waals surface area contributed by atoms with Gasteiger partial charge in [-0.25, -0.2) is 0 Å². The minimum atomic E-state index is -0.140. The molecule has 4 aliphatic rings. The molecule has 4 rings (SSSR count). The molecule has 1 N–H and O–H groups in total. The summed E-state index contributed by atoms with van der Waals surface area (Å²) in [5.74, 6) is 4.52. The summed E-state index contributed by atoms with van der Waals surface area (Å²) in [6, 6.07) is 0. The van der Waals surface area contributed by atoms with E-state index in [-0.39, 0.29) is 11.5 Å². The summed E-state index contributed by atoms with van der Waals surface area (Å²) in [5, 5.41) is 10.7. The Morgan fingerprint density at radius 3 is 2.60 bits per heavy atom. The highest BCUT2D eigenvalue weighted by atomic mass is 32.2. The van der Waals surface area contributed by atoms with Crippen molar-refractivity contribution in [2.75, 3.05) is 11.5 Å². The molecule has 0 amide bonds. The molecule has 0 aliphatic heterocycles. The second-order valence-electron chi connectivity index (χ2n) is 12.2. The summed E-state index contributed by atoms with van der Waals surface area (Å²) in [7, 11) is 0. The average Bonchev–Trinajstić information content (AvgIpc) is 3.02. The predicted octanol–water partition coefficient (Wildman–Crippen LogP) is 7.57. The van der Waals surface area contributed by atoms with Crippen LogP contribution in [0.3, 0.4) is 0 Å². The highest BCUT2D eigenvalue weighted by Gasteiger charge is 2.57. The van der Waals surface area contributed by atoms with E-state index in [9.17, 15) is 5.11 Å². The van der Waals surface area contributed by atoms with E-state index in [2.05, 4.69) is 66.0 Å². The van der Waals surface area contributed by atoms with Gasteiger partial charge in [-0.05, 0) is 103 Å². The SMILES string of the molecule is C=C(C)CSC[C@@H](C)[C@H]1CC=C2C3=C(CC[C@@]21C)[C@@]1(C)CC[C@H](O)C(C)(C)[C@H]1CC3. The Bertz CT molecular complexity index is 774. The Hall–Kier alpha value is -0.470. The lowest BCUT2D eigenvalue weighted by atomic mass is 9.46. The summed E-state index contributed by atoms with van der Waals surface area (Å²) in [4.78, 5) is 0. The van der Waals surface area contributed by atoms with Crippen LogP contribution < -0.4 is 0 Å². The maximum Gasteiger partial charge on any atom is 0.0594 e. The van der Waals surface area contributed by atoms with Crippen LogP contribution in [0.5, 0.6) is 0 Å².